The molecule has 0 bridgehead atoms. The van der Waals surface area contributed by atoms with Gasteiger partial charge in [-0.1, -0.05) is 243 Å². The predicted octanol–water partition coefficient (Wildman–Crippen LogP) is 16.9. The monoisotopic (exact) mass is 1030 g/mol. The highest BCUT2D eigenvalue weighted by Gasteiger charge is 2.48. The molecule has 1 aliphatic rings. The molecular weight excluding hydrogens is 989 g/mol. The minimum absolute atomic E-state index is 0.515. The Labute approximate surface area is 466 Å². The van der Waals surface area contributed by atoms with E-state index < -0.39 is 5.41 Å². The Hall–Kier alpha value is -11.0. The maximum atomic E-state index is 5.74. The molecule has 15 aromatic rings. The van der Waals surface area contributed by atoms with Gasteiger partial charge in [-0.25, -0.2) is 19.9 Å². The molecule has 1 aliphatic carbocycles. The zero-order valence-electron chi connectivity index (χ0n) is 43.6. The smallest absolute Gasteiger partial charge is 0.238 e. The fourth-order valence-corrected chi connectivity index (χ4v) is 12.7. The van der Waals surface area contributed by atoms with Crippen molar-refractivity contribution in [3.8, 4) is 79.7 Å². The Kier molecular flexibility index (Phi) is 10.6. The number of aromatic nitrogens is 8. The fraction of sp³-hybridized carbons (Fsp3) is 0.0137. The maximum Gasteiger partial charge on any atom is 0.238 e. The van der Waals surface area contributed by atoms with Crippen LogP contribution in [-0.2, 0) is 5.41 Å². The normalized spacial score (nSPS) is 12.5. The number of para-hydroxylation sites is 2. The van der Waals surface area contributed by atoms with Gasteiger partial charge in [0.15, 0.2) is 29.1 Å². The molecule has 8 heteroatoms. The first-order chi connectivity index (χ1) is 40.2. The molecule has 378 valence electrons. The highest BCUT2D eigenvalue weighted by atomic mass is 15.2. The maximum absolute atomic E-state index is 5.74. The molecule has 81 heavy (non-hydrogen) atoms. The van der Waals surface area contributed by atoms with Crippen molar-refractivity contribution in [1.29, 1.82) is 0 Å². The number of hydrogen-bond donors (Lipinski definition) is 0. The highest BCUT2D eigenvalue weighted by molar-refractivity contribution is 6.23. The minimum Gasteiger partial charge on any atom is -0.307 e. The number of hydrogen-bond acceptors (Lipinski definition) is 6. The van der Waals surface area contributed by atoms with E-state index in [4.69, 9.17) is 29.9 Å². The van der Waals surface area contributed by atoms with E-state index in [2.05, 4.69) is 209 Å². The number of fused-ring (bicyclic) bond motifs is 10. The van der Waals surface area contributed by atoms with Gasteiger partial charge in [0.25, 0.3) is 0 Å². The van der Waals surface area contributed by atoms with Crippen molar-refractivity contribution in [1.82, 2.24) is 39.0 Å². The highest BCUT2D eigenvalue weighted by Crippen LogP contribution is 2.58. The Morgan fingerprint density at radius 2 is 0.654 bits per heavy atom. The van der Waals surface area contributed by atoms with Crippen molar-refractivity contribution < 1.29 is 0 Å². The van der Waals surface area contributed by atoms with Gasteiger partial charge in [0.2, 0.25) is 5.95 Å². The van der Waals surface area contributed by atoms with Gasteiger partial charge in [0, 0.05) is 55.0 Å². The summed E-state index contributed by atoms with van der Waals surface area (Å²) in [6.45, 7) is 0. The summed E-state index contributed by atoms with van der Waals surface area (Å²) >= 11 is 0. The summed E-state index contributed by atoms with van der Waals surface area (Å²) in [5.74, 6) is 3.50. The molecule has 8 nitrogen and oxygen atoms in total. The van der Waals surface area contributed by atoms with Crippen LogP contribution in [0, 0.1) is 0 Å². The van der Waals surface area contributed by atoms with Gasteiger partial charge in [-0.2, -0.15) is 9.97 Å². The summed E-state index contributed by atoms with van der Waals surface area (Å²) in [6.07, 6.45) is 0. The first kappa shape index (κ1) is 46.2. The van der Waals surface area contributed by atoms with E-state index in [0.29, 0.717) is 35.1 Å². The summed E-state index contributed by atoms with van der Waals surface area (Å²) in [6, 6.07) is 98.2. The SMILES string of the molecule is c1ccc(-c2nc(-c3ccccc3)nc(-c3ccc(-n4c5ccccc5c5ccc6c7ccccc7n(-c7nc(-c8ccccc8)nc(-c8cccc9c8C(c8ccccc8)(c8ccccc8)c8ccccc8-9)n7)c6c54)cc3)n2)cc1. The molecule has 0 radical (unpaired) electrons. The van der Waals surface area contributed by atoms with Crippen LogP contribution >= 0.6 is 0 Å². The second kappa shape index (κ2) is 18.6. The Balaban J connectivity index is 0.951. The van der Waals surface area contributed by atoms with E-state index in [-0.39, 0.29) is 0 Å². The van der Waals surface area contributed by atoms with E-state index in [1.165, 1.54) is 22.3 Å². The summed E-state index contributed by atoms with van der Waals surface area (Å²) in [7, 11) is 0. The van der Waals surface area contributed by atoms with E-state index >= 15 is 0 Å². The molecule has 4 aromatic heterocycles. The quantitative estimate of drug-likeness (QED) is 0.143. The zero-order valence-corrected chi connectivity index (χ0v) is 43.6. The Bertz CT molecular complexity index is 4810. The van der Waals surface area contributed by atoms with Crippen LogP contribution < -0.4 is 0 Å². The second-order valence-electron chi connectivity index (χ2n) is 20.6. The van der Waals surface area contributed by atoms with Crippen molar-refractivity contribution in [2.75, 3.05) is 0 Å². The van der Waals surface area contributed by atoms with Crippen LogP contribution in [0.4, 0.5) is 0 Å². The van der Waals surface area contributed by atoms with Gasteiger partial charge in [-0.3, -0.25) is 4.57 Å². The molecule has 0 N–H and O–H groups in total. The van der Waals surface area contributed by atoms with Crippen molar-refractivity contribution in [3.63, 3.8) is 0 Å². The molecule has 16 rings (SSSR count). The third-order valence-electron chi connectivity index (χ3n) is 16.1. The average Bonchev–Trinajstić information content (AvgIpc) is 3.43. The van der Waals surface area contributed by atoms with Crippen LogP contribution in [0.1, 0.15) is 22.3 Å². The van der Waals surface area contributed by atoms with Crippen LogP contribution in [0.15, 0.2) is 279 Å². The molecule has 0 atom stereocenters. The Morgan fingerprint density at radius 1 is 0.259 bits per heavy atom. The molecule has 0 fully saturated rings. The summed E-state index contributed by atoms with van der Waals surface area (Å²) < 4.78 is 4.66. The number of nitrogens with zero attached hydrogens (tertiary/aromatic N) is 8. The van der Waals surface area contributed by atoms with Gasteiger partial charge in [0.1, 0.15) is 0 Å². The van der Waals surface area contributed by atoms with Crippen LogP contribution in [0.3, 0.4) is 0 Å². The van der Waals surface area contributed by atoms with Gasteiger partial charge in [-0.05, 0) is 69.8 Å². The van der Waals surface area contributed by atoms with Gasteiger partial charge >= 0.3 is 0 Å². The largest absolute Gasteiger partial charge is 0.307 e. The summed E-state index contributed by atoms with van der Waals surface area (Å²) in [4.78, 5) is 31.9. The standard InChI is InChI=1S/C73H46N8/c1-6-23-47(24-7-1)67-74-68(48-25-8-2-9-26-48)76-69(75-67)50-41-43-53(44-42-50)80-62-39-20-17-34-55(62)58-45-46-59-56-35-18-21-40-63(56)81(66(59)65(58)80)72-78-70(49-27-10-3-11-28-49)77-71(79-72)60-37-22-36-57-54-33-16-19-38-61(54)73(64(57)60,51-29-12-4-13-30-51)52-31-14-5-15-32-52/h1-46H. The summed E-state index contributed by atoms with van der Waals surface area (Å²) in [5, 5.41) is 4.41. The summed E-state index contributed by atoms with van der Waals surface area (Å²) in [5.41, 5.74) is 15.9. The number of rotatable bonds is 9. The third-order valence-corrected chi connectivity index (χ3v) is 16.1. The molecule has 0 spiro atoms. The van der Waals surface area contributed by atoms with Gasteiger partial charge in [-0.15, -0.1) is 0 Å². The van der Waals surface area contributed by atoms with Crippen LogP contribution in [0.2, 0.25) is 0 Å². The Morgan fingerprint density at radius 3 is 1.21 bits per heavy atom. The molecule has 0 amide bonds. The average molecular weight is 1040 g/mol. The van der Waals surface area contributed by atoms with E-state index in [9.17, 15) is 0 Å². The van der Waals surface area contributed by atoms with E-state index in [1.54, 1.807) is 0 Å². The van der Waals surface area contributed by atoms with Crippen LogP contribution in [0.5, 0.6) is 0 Å². The lowest BCUT2D eigenvalue weighted by Crippen LogP contribution is -2.29. The third kappa shape index (κ3) is 7.24. The van der Waals surface area contributed by atoms with E-state index in [0.717, 1.165) is 88.2 Å². The number of benzene rings is 11. The van der Waals surface area contributed by atoms with Gasteiger partial charge in [0.05, 0.1) is 27.5 Å². The van der Waals surface area contributed by atoms with Crippen molar-refractivity contribution in [2.45, 2.75) is 5.41 Å². The van der Waals surface area contributed by atoms with Crippen molar-refractivity contribution >= 4 is 43.6 Å². The zero-order chi connectivity index (χ0) is 53.4. The van der Waals surface area contributed by atoms with E-state index in [1.807, 2.05) is 78.9 Å². The molecule has 4 heterocycles. The molecule has 11 aromatic carbocycles. The lowest BCUT2D eigenvalue weighted by Gasteiger charge is -2.35. The first-order valence-electron chi connectivity index (χ1n) is 27.3. The molecule has 0 unspecified atom stereocenters. The molecule has 0 saturated heterocycles. The first-order valence-corrected chi connectivity index (χ1v) is 27.3. The van der Waals surface area contributed by atoms with Crippen molar-refractivity contribution in [3.05, 3.63) is 301 Å². The second-order valence-corrected chi connectivity index (χ2v) is 20.6. The molecular formula is C73H46N8. The lowest BCUT2D eigenvalue weighted by molar-refractivity contribution is 0.768. The molecule has 0 saturated carbocycles. The molecule has 0 aliphatic heterocycles. The van der Waals surface area contributed by atoms with Crippen molar-refractivity contribution in [2.24, 2.45) is 0 Å². The van der Waals surface area contributed by atoms with Gasteiger partial charge < -0.3 is 4.57 Å². The minimum atomic E-state index is -0.696. The van der Waals surface area contributed by atoms with Crippen LogP contribution in [-0.4, -0.2) is 39.0 Å². The van der Waals surface area contributed by atoms with Crippen LogP contribution in [0.25, 0.3) is 123 Å². The fourth-order valence-electron chi connectivity index (χ4n) is 12.7. The topological polar surface area (TPSA) is 87.2 Å². The lowest BCUT2D eigenvalue weighted by atomic mass is 9.66. The predicted molar refractivity (Wildman–Crippen MR) is 326 cm³/mol.